The van der Waals surface area contributed by atoms with Crippen molar-refractivity contribution in [2.45, 2.75) is 82.6 Å². The zero-order valence-electron chi connectivity index (χ0n) is 18.4. The predicted molar refractivity (Wildman–Crippen MR) is 118 cm³/mol. The van der Waals surface area contributed by atoms with Crippen LogP contribution in [0.4, 0.5) is 0 Å². The maximum atomic E-state index is 13.4. The van der Waals surface area contributed by atoms with E-state index >= 15 is 0 Å². The summed E-state index contributed by atoms with van der Waals surface area (Å²) in [7, 11) is 0. The first-order valence-corrected chi connectivity index (χ1v) is 11.7. The number of nitrogens with one attached hydrogen (secondary N) is 2. The normalized spacial score (nSPS) is 27.5. The minimum atomic E-state index is -0.537. The number of nitrogens with zero attached hydrogens (tertiary/aromatic N) is 2. The molecule has 2 N–H and O–H groups in total. The standard InChI is InChI=1S/C24H34N4O3/c1-17(27-14-5-6-15-27)22(29)26-20-11-7-10-19-12-13-21(28(19)24(20)31)23(30)25-16-18-8-3-2-4-9-18/h2-4,8-9,17,19-21H,5-7,10-16H2,1H3,(H,25,30)(H,26,29)/t17-,19-,20-,21-/m0/s1. The van der Waals surface area contributed by atoms with E-state index in [4.69, 9.17) is 0 Å². The van der Waals surface area contributed by atoms with Crippen LogP contribution in [-0.4, -0.2) is 64.8 Å². The summed E-state index contributed by atoms with van der Waals surface area (Å²) in [5.74, 6) is -0.276. The lowest BCUT2D eigenvalue weighted by atomic mass is 10.1. The Morgan fingerprint density at radius 2 is 1.77 bits per heavy atom. The Kier molecular flexibility index (Phi) is 6.90. The third kappa shape index (κ3) is 4.92. The Morgan fingerprint density at radius 1 is 1.03 bits per heavy atom. The van der Waals surface area contributed by atoms with Crippen molar-refractivity contribution >= 4 is 17.7 Å². The van der Waals surface area contributed by atoms with Crippen molar-refractivity contribution in [1.29, 1.82) is 0 Å². The van der Waals surface area contributed by atoms with Crippen LogP contribution in [0.25, 0.3) is 0 Å². The van der Waals surface area contributed by atoms with Crippen LogP contribution in [-0.2, 0) is 20.9 Å². The third-order valence-corrected chi connectivity index (χ3v) is 7.08. The molecule has 3 amide bonds. The average Bonchev–Trinajstić information content (AvgIpc) is 3.44. The molecular weight excluding hydrogens is 392 g/mol. The van der Waals surface area contributed by atoms with Crippen LogP contribution in [0.1, 0.15) is 57.4 Å². The zero-order chi connectivity index (χ0) is 21.8. The molecule has 0 unspecified atom stereocenters. The highest BCUT2D eigenvalue weighted by atomic mass is 16.2. The molecule has 31 heavy (non-hydrogen) atoms. The Balaban J connectivity index is 1.39. The van der Waals surface area contributed by atoms with Gasteiger partial charge >= 0.3 is 0 Å². The molecule has 0 radical (unpaired) electrons. The smallest absolute Gasteiger partial charge is 0.246 e. The molecule has 0 aromatic heterocycles. The molecule has 3 aliphatic heterocycles. The van der Waals surface area contributed by atoms with Crippen LogP contribution in [0.2, 0.25) is 0 Å². The van der Waals surface area contributed by atoms with Gasteiger partial charge in [0.2, 0.25) is 17.7 Å². The molecule has 0 saturated carbocycles. The number of likely N-dealkylation sites (tertiary alicyclic amines) is 1. The molecule has 3 aliphatic rings. The van der Waals surface area contributed by atoms with Crippen LogP contribution in [0, 0.1) is 0 Å². The lowest BCUT2D eigenvalue weighted by Gasteiger charge is -2.31. The lowest BCUT2D eigenvalue weighted by molar-refractivity contribution is -0.143. The van der Waals surface area contributed by atoms with E-state index in [9.17, 15) is 14.4 Å². The highest BCUT2D eigenvalue weighted by Crippen LogP contribution is 2.32. The molecule has 1 aromatic rings. The van der Waals surface area contributed by atoms with Crippen molar-refractivity contribution in [2.75, 3.05) is 13.1 Å². The summed E-state index contributed by atoms with van der Waals surface area (Å²) in [4.78, 5) is 43.1. The summed E-state index contributed by atoms with van der Waals surface area (Å²) in [5, 5.41) is 6.01. The molecule has 4 atom stereocenters. The molecule has 7 heteroatoms. The van der Waals surface area contributed by atoms with E-state index < -0.39 is 12.1 Å². The van der Waals surface area contributed by atoms with E-state index in [1.165, 1.54) is 0 Å². The van der Waals surface area contributed by atoms with Gasteiger partial charge in [0, 0.05) is 12.6 Å². The van der Waals surface area contributed by atoms with Gasteiger partial charge in [0.05, 0.1) is 6.04 Å². The van der Waals surface area contributed by atoms with Gasteiger partial charge in [-0.1, -0.05) is 30.3 Å². The molecule has 0 aliphatic carbocycles. The van der Waals surface area contributed by atoms with Crippen LogP contribution in [0.3, 0.4) is 0 Å². The van der Waals surface area contributed by atoms with Gasteiger partial charge in [0.1, 0.15) is 12.1 Å². The minimum Gasteiger partial charge on any atom is -0.350 e. The molecule has 3 fully saturated rings. The van der Waals surface area contributed by atoms with Crippen molar-refractivity contribution in [3.63, 3.8) is 0 Å². The second-order valence-corrected chi connectivity index (χ2v) is 9.11. The van der Waals surface area contributed by atoms with Gasteiger partial charge < -0.3 is 15.5 Å². The monoisotopic (exact) mass is 426 g/mol. The summed E-state index contributed by atoms with van der Waals surface area (Å²) in [6.07, 6.45) is 6.19. The molecule has 7 nitrogen and oxygen atoms in total. The fourth-order valence-electron chi connectivity index (χ4n) is 5.24. The molecule has 0 spiro atoms. The third-order valence-electron chi connectivity index (χ3n) is 7.08. The Hall–Kier alpha value is -2.41. The summed E-state index contributed by atoms with van der Waals surface area (Å²) in [5.41, 5.74) is 1.04. The zero-order valence-corrected chi connectivity index (χ0v) is 18.4. The second-order valence-electron chi connectivity index (χ2n) is 9.11. The first-order valence-electron chi connectivity index (χ1n) is 11.7. The van der Waals surface area contributed by atoms with Crippen molar-refractivity contribution in [3.8, 4) is 0 Å². The number of hydrogen-bond acceptors (Lipinski definition) is 4. The average molecular weight is 427 g/mol. The highest BCUT2D eigenvalue weighted by molar-refractivity contribution is 5.93. The van der Waals surface area contributed by atoms with E-state index in [1.54, 1.807) is 4.90 Å². The van der Waals surface area contributed by atoms with Crippen molar-refractivity contribution in [3.05, 3.63) is 35.9 Å². The minimum absolute atomic E-state index is 0.0806. The number of carbonyl (C=O) groups is 3. The maximum absolute atomic E-state index is 13.4. The van der Waals surface area contributed by atoms with E-state index in [0.29, 0.717) is 19.4 Å². The van der Waals surface area contributed by atoms with E-state index in [2.05, 4.69) is 15.5 Å². The van der Waals surface area contributed by atoms with Gasteiger partial charge in [-0.05, 0) is 70.5 Å². The first-order chi connectivity index (χ1) is 15.0. The van der Waals surface area contributed by atoms with E-state index in [0.717, 1.165) is 50.8 Å². The van der Waals surface area contributed by atoms with Crippen molar-refractivity contribution < 1.29 is 14.4 Å². The molecule has 0 bridgehead atoms. The van der Waals surface area contributed by atoms with Gasteiger partial charge in [0.25, 0.3) is 0 Å². The lowest BCUT2D eigenvalue weighted by Crippen LogP contribution is -2.56. The van der Waals surface area contributed by atoms with Gasteiger partial charge in [0.15, 0.2) is 0 Å². The fraction of sp³-hybridized carbons (Fsp3) is 0.625. The molecular formula is C24H34N4O3. The van der Waals surface area contributed by atoms with Crippen molar-refractivity contribution in [1.82, 2.24) is 20.4 Å². The summed E-state index contributed by atoms with van der Waals surface area (Å²) in [6, 6.07) is 8.67. The summed E-state index contributed by atoms with van der Waals surface area (Å²) in [6.45, 7) is 4.24. The van der Waals surface area contributed by atoms with Crippen LogP contribution in [0.5, 0.6) is 0 Å². The van der Waals surface area contributed by atoms with Crippen LogP contribution >= 0.6 is 0 Å². The summed E-state index contributed by atoms with van der Waals surface area (Å²) >= 11 is 0. The first kappa shape index (κ1) is 21.8. The number of fused-ring (bicyclic) bond motifs is 1. The van der Waals surface area contributed by atoms with Gasteiger partial charge in [-0.15, -0.1) is 0 Å². The van der Waals surface area contributed by atoms with E-state index in [-0.39, 0.29) is 29.8 Å². The van der Waals surface area contributed by atoms with Gasteiger partial charge in [-0.3, -0.25) is 19.3 Å². The van der Waals surface area contributed by atoms with Gasteiger partial charge in [-0.2, -0.15) is 0 Å². The van der Waals surface area contributed by atoms with Crippen LogP contribution in [0.15, 0.2) is 30.3 Å². The molecule has 1 aromatic carbocycles. The van der Waals surface area contributed by atoms with E-state index in [1.807, 2.05) is 37.3 Å². The second kappa shape index (κ2) is 9.81. The number of hydrogen-bond donors (Lipinski definition) is 2. The Bertz CT molecular complexity index is 793. The molecule has 4 rings (SSSR count). The topological polar surface area (TPSA) is 81.8 Å². The molecule has 3 heterocycles. The SMILES string of the molecule is C[C@@H](C(=O)N[C@H]1CCC[C@H]2CC[C@@H](C(=O)NCc3ccccc3)N2C1=O)N1CCCC1. The number of benzene rings is 1. The molecule has 168 valence electrons. The highest BCUT2D eigenvalue weighted by Gasteiger charge is 2.44. The predicted octanol–water partition coefficient (Wildman–Crippen LogP) is 1.82. The number of amides is 3. The van der Waals surface area contributed by atoms with Crippen LogP contribution < -0.4 is 10.6 Å². The fourth-order valence-corrected chi connectivity index (χ4v) is 5.24. The maximum Gasteiger partial charge on any atom is 0.246 e. The Labute approximate surface area is 184 Å². The van der Waals surface area contributed by atoms with Crippen molar-refractivity contribution in [2.24, 2.45) is 0 Å². The Morgan fingerprint density at radius 3 is 2.52 bits per heavy atom. The summed E-state index contributed by atoms with van der Waals surface area (Å²) < 4.78 is 0. The number of carbonyl (C=O) groups excluding carboxylic acids is 3. The quantitative estimate of drug-likeness (QED) is 0.727. The van der Waals surface area contributed by atoms with Gasteiger partial charge in [-0.25, -0.2) is 0 Å². The number of rotatable bonds is 6. The molecule has 3 saturated heterocycles. The largest absolute Gasteiger partial charge is 0.350 e.